The highest BCUT2D eigenvalue weighted by molar-refractivity contribution is 5.89. The van der Waals surface area contributed by atoms with E-state index < -0.39 is 0 Å². The lowest BCUT2D eigenvalue weighted by molar-refractivity contribution is 0.578. The number of benzene rings is 1. The van der Waals surface area contributed by atoms with Crippen molar-refractivity contribution in [3.8, 4) is 6.19 Å². The molecule has 0 saturated heterocycles. The van der Waals surface area contributed by atoms with Crippen molar-refractivity contribution in [2.75, 3.05) is 0 Å². The zero-order valence-electron chi connectivity index (χ0n) is 9.27. The summed E-state index contributed by atoms with van der Waals surface area (Å²) in [6.07, 6.45) is 1.75. The second-order valence-electron chi connectivity index (χ2n) is 3.41. The first kappa shape index (κ1) is 10.9. The fourth-order valence-electron chi connectivity index (χ4n) is 1.51. The maximum Gasteiger partial charge on any atom is 0.235 e. The van der Waals surface area contributed by atoms with Crippen molar-refractivity contribution in [1.82, 2.24) is 5.32 Å². The molecule has 0 fully saturated rings. The fraction of sp³-hybridized carbons (Fsp3) is 0.0833. The molecule has 5 nitrogen and oxygen atoms in total. The third-order valence-corrected chi connectivity index (χ3v) is 2.18. The Balaban J connectivity index is 2.42. The van der Waals surface area contributed by atoms with E-state index in [1.807, 2.05) is 25.1 Å². The lowest BCUT2D eigenvalue weighted by Gasteiger charge is -1.96. The predicted molar refractivity (Wildman–Crippen MR) is 66.3 cm³/mol. The molecule has 0 spiro atoms. The Kier molecular flexibility index (Phi) is 2.88. The third kappa shape index (κ3) is 2.32. The van der Waals surface area contributed by atoms with Gasteiger partial charge < -0.3 is 4.42 Å². The Labute approximate surface area is 98.1 Å². The molecule has 0 aliphatic carbocycles. The van der Waals surface area contributed by atoms with E-state index in [2.05, 4.69) is 22.0 Å². The lowest BCUT2D eigenvalue weighted by atomic mass is 10.2. The summed E-state index contributed by atoms with van der Waals surface area (Å²) in [5.74, 6) is 1.02. The van der Waals surface area contributed by atoms with Gasteiger partial charge in [0.2, 0.25) is 5.96 Å². The number of guanidine groups is 1. The summed E-state index contributed by atoms with van der Waals surface area (Å²) in [7, 11) is 0. The molecule has 0 radical (unpaired) electrons. The smallest absolute Gasteiger partial charge is 0.235 e. The van der Waals surface area contributed by atoms with Crippen LogP contribution in [0.4, 0.5) is 5.69 Å². The van der Waals surface area contributed by atoms with Crippen molar-refractivity contribution < 1.29 is 4.42 Å². The summed E-state index contributed by atoms with van der Waals surface area (Å²) in [5.41, 5.74) is 1.49. The number of furan rings is 1. The van der Waals surface area contributed by atoms with Gasteiger partial charge in [0.05, 0.1) is 5.69 Å². The van der Waals surface area contributed by atoms with E-state index in [1.165, 1.54) is 0 Å². The molecule has 1 heterocycles. The number of aliphatic imine (C=N–C) groups is 2. The monoisotopic (exact) mass is 226 g/mol. The molecule has 2 aromatic rings. The highest BCUT2D eigenvalue weighted by Gasteiger charge is 2.01. The van der Waals surface area contributed by atoms with Crippen LogP contribution in [0.25, 0.3) is 11.0 Å². The summed E-state index contributed by atoms with van der Waals surface area (Å²) >= 11 is 0. The number of aryl methyl sites for hydroxylation is 1. The molecule has 2 rings (SSSR count). The number of fused-ring (bicyclic) bond motifs is 1. The van der Waals surface area contributed by atoms with Gasteiger partial charge in [0.15, 0.2) is 6.19 Å². The van der Waals surface area contributed by atoms with Crippen molar-refractivity contribution in [2.24, 2.45) is 9.98 Å². The first-order chi connectivity index (χ1) is 8.22. The van der Waals surface area contributed by atoms with Gasteiger partial charge in [-0.2, -0.15) is 5.26 Å². The average Bonchev–Trinajstić information content (AvgIpc) is 2.68. The molecule has 0 atom stereocenters. The van der Waals surface area contributed by atoms with Crippen molar-refractivity contribution in [3.63, 3.8) is 0 Å². The van der Waals surface area contributed by atoms with Crippen LogP contribution >= 0.6 is 0 Å². The fourth-order valence-corrected chi connectivity index (χ4v) is 1.51. The van der Waals surface area contributed by atoms with Crippen LogP contribution in [0.5, 0.6) is 0 Å². The summed E-state index contributed by atoms with van der Waals surface area (Å²) in [6.45, 7) is 5.22. The van der Waals surface area contributed by atoms with Gasteiger partial charge in [0, 0.05) is 5.39 Å². The van der Waals surface area contributed by atoms with E-state index in [0.29, 0.717) is 5.69 Å². The molecule has 1 aromatic carbocycles. The molecule has 5 heteroatoms. The summed E-state index contributed by atoms with van der Waals surface area (Å²) < 4.78 is 5.45. The van der Waals surface area contributed by atoms with Gasteiger partial charge in [0.1, 0.15) is 11.3 Å². The second-order valence-corrected chi connectivity index (χ2v) is 3.41. The van der Waals surface area contributed by atoms with Gasteiger partial charge in [-0.1, -0.05) is 0 Å². The zero-order valence-corrected chi connectivity index (χ0v) is 9.27. The van der Waals surface area contributed by atoms with Gasteiger partial charge >= 0.3 is 0 Å². The van der Waals surface area contributed by atoms with Gasteiger partial charge in [0.25, 0.3) is 0 Å². The zero-order chi connectivity index (χ0) is 12.3. The number of nitrogens with zero attached hydrogens (tertiary/aromatic N) is 3. The number of rotatable bonds is 1. The number of hydrogen-bond donors (Lipinski definition) is 1. The molecule has 0 amide bonds. The summed E-state index contributed by atoms with van der Waals surface area (Å²) in [5, 5.41) is 11.8. The van der Waals surface area contributed by atoms with Crippen LogP contribution in [-0.4, -0.2) is 12.7 Å². The molecule has 0 aliphatic rings. The number of nitrogens with one attached hydrogen (secondary N) is 1. The van der Waals surface area contributed by atoms with E-state index in [0.717, 1.165) is 16.7 Å². The highest BCUT2D eigenvalue weighted by Crippen LogP contribution is 2.24. The molecule has 0 aliphatic heterocycles. The average molecular weight is 226 g/mol. The molecule has 84 valence electrons. The van der Waals surface area contributed by atoms with Crippen LogP contribution in [0, 0.1) is 18.4 Å². The van der Waals surface area contributed by atoms with Crippen LogP contribution in [0.3, 0.4) is 0 Å². The highest BCUT2D eigenvalue weighted by atomic mass is 16.3. The predicted octanol–water partition coefficient (Wildman–Crippen LogP) is 2.50. The van der Waals surface area contributed by atoms with Crippen molar-refractivity contribution >= 4 is 29.3 Å². The van der Waals surface area contributed by atoms with Crippen molar-refractivity contribution in [1.29, 1.82) is 5.26 Å². The van der Waals surface area contributed by atoms with E-state index in [-0.39, 0.29) is 5.96 Å². The Morgan fingerprint density at radius 3 is 3.00 bits per heavy atom. The molecule has 0 saturated carbocycles. The minimum Gasteiger partial charge on any atom is -0.461 e. The van der Waals surface area contributed by atoms with Crippen LogP contribution < -0.4 is 5.32 Å². The topological polar surface area (TPSA) is 73.7 Å². The summed E-state index contributed by atoms with van der Waals surface area (Å²) in [4.78, 5) is 7.74. The standard InChI is InChI=1S/C12H10N4O/c1-8-5-9-6-10(3-4-11(9)17-8)16-12(14-2)15-7-13/h3-6H,2H2,1H3,(H,15,16). The van der Waals surface area contributed by atoms with Crippen LogP contribution in [0.15, 0.2) is 38.7 Å². The SMILES string of the molecule is C=NC(=Nc1ccc2oc(C)cc2c1)NC#N. The van der Waals surface area contributed by atoms with Gasteiger partial charge in [-0.25, -0.2) is 9.98 Å². The van der Waals surface area contributed by atoms with E-state index in [1.54, 1.807) is 12.3 Å². The number of hydrogen-bond acceptors (Lipinski definition) is 3. The van der Waals surface area contributed by atoms with Crippen LogP contribution in [-0.2, 0) is 0 Å². The molecule has 1 aromatic heterocycles. The van der Waals surface area contributed by atoms with Gasteiger partial charge in [-0.3, -0.25) is 5.32 Å². The molecular formula is C12H10N4O. The Morgan fingerprint density at radius 2 is 2.29 bits per heavy atom. The summed E-state index contributed by atoms with van der Waals surface area (Å²) in [6, 6.07) is 7.40. The van der Waals surface area contributed by atoms with Crippen LogP contribution in [0.2, 0.25) is 0 Å². The normalized spacial score (nSPS) is 11.2. The second kappa shape index (κ2) is 4.49. The quantitative estimate of drug-likeness (QED) is 0.351. The maximum atomic E-state index is 8.48. The first-order valence-electron chi connectivity index (χ1n) is 4.93. The molecular weight excluding hydrogens is 216 g/mol. The first-order valence-corrected chi connectivity index (χ1v) is 4.93. The Hall–Kier alpha value is -2.61. The maximum absolute atomic E-state index is 8.48. The minimum absolute atomic E-state index is 0.173. The lowest BCUT2D eigenvalue weighted by Crippen LogP contribution is -2.13. The Bertz CT molecular complexity index is 633. The van der Waals surface area contributed by atoms with E-state index in [4.69, 9.17) is 9.68 Å². The molecule has 1 N–H and O–H groups in total. The largest absolute Gasteiger partial charge is 0.461 e. The van der Waals surface area contributed by atoms with Gasteiger partial charge in [-0.05, 0) is 37.9 Å². The third-order valence-electron chi connectivity index (χ3n) is 2.18. The Morgan fingerprint density at radius 1 is 1.47 bits per heavy atom. The van der Waals surface area contributed by atoms with Crippen molar-refractivity contribution in [3.05, 3.63) is 30.0 Å². The van der Waals surface area contributed by atoms with E-state index in [9.17, 15) is 0 Å². The number of nitriles is 1. The molecule has 0 unspecified atom stereocenters. The molecule has 0 bridgehead atoms. The van der Waals surface area contributed by atoms with Gasteiger partial charge in [-0.15, -0.1) is 0 Å². The minimum atomic E-state index is 0.173. The van der Waals surface area contributed by atoms with Crippen molar-refractivity contribution in [2.45, 2.75) is 6.92 Å². The van der Waals surface area contributed by atoms with E-state index >= 15 is 0 Å². The van der Waals surface area contributed by atoms with Crippen LogP contribution in [0.1, 0.15) is 5.76 Å². The molecule has 17 heavy (non-hydrogen) atoms.